The highest BCUT2D eigenvalue weighted by molar-refractivity contribution is 8.01. The molecule has 1 aromatic carbocycles. The maximum Gasteiger partial charge on any atom is 0.356 e. The van der Waals surface area contributed by atoms with Gasteiger partial charge in [0.1, 0.15) is 28.2 Å². The molecule has 2 unspecified atom stereocenters. The number of carboxylic acids is 2. The Morgan fingerprint density at radius 3 is 2.43 bits per heavy atom. The van der Waals surface area contributed by atoms with E-state index in [-0.39, 0.29) is 5.70 Å². The second kappa shape index (κ2) is 12.3. The number of hydrogen-bond acceptors (Lipinski definition) is 12. The first-order valence-electron chi connectivity index (χ1n) is 12.2. The average Bonchev–Trinajstić information content (AvgIpc) is 3.41. The van der Waals surface area contributed by atoms with Gasteiger partial charge in [-0.3, -0.25) is 19.3 Å². The fourth-order valence-electron chi connectivity index (χ4n) is 4.32. The number of nitrogens with one attached hydrogen (secondary N) is 2. The van der Waals surface area contributed by atoms with Gasteiger partial charge in [0.15, 0.2) is 15.7 Å². The van der Waals surface area contributed by atoms with Crippen LogP contribution in [0.2, 0.25) is 0 Å². The van der Waals surface area contributed by atoms with E-state index in [9.17, 15) is 34.2 Å². The van der Waals surface area contributed by atoms with Crippen molar-refractivity contribution in [2.24, 2.45) is 0 Å². The van der Waals surface area contributed by atoms with E-state index < -0.39 is 58.5 Å². The molecule has 3 amide bonds. The smallest absolute Gasteiger partial charge is 0.356 e. The highest BCUT2D eigenvalue weighted by Gasteiger charge is 2.54. The van der Waals surface area contributed by atoms with Gasteiger partial charge in [-0.25, -0.2) is 19.6 Å². The molecule has 4 heterocycles. The lowest BCUT2D eigenvalue weighted by atomic mass is 10.0. The Bertz CT molecular complexity index is 1610. The summed E-state index contributed by atoms with van der Waals surface area (Å²) >= 11 is 4.03. The number of thioether (sulfide) groups is 2. The summed E-state index contributed by atoms with van der Waals surface area (Å²) in [5.41, 5.74) is -0.292. The highest BCUT2D eigenvalue weighted by Crippen LogP contribution is 2.42. The minimum atomic E-state index is -1.47. The lowest BCUT2D eigenvalue weighted by molar-refractivity contribution is -0.151. The van der Waals surface area contributed by atoms with Gasteiger partial charge in [-0.05, 0) is 18.1 Å². The number of amides is 3. The van der Waals surface area contributed by atoms with Crippen LogP contribution in [-0.4, -0.2) is 87.9 Å². The first-order valence-corrected chi connectivity index (χ1v) is 15.0. The van der Waals surface area contributed by atoms with E-state index in [0.717, 1.165) is 22.3 Å². The Morgan fingerprint density at radius 1 is 1.07 bits per heavy atom. The molecule has 0 aliphatic carbocycles. The van der Waals surface area contributed by atoms with E-state index in [0.29, 0.717) is 27.0 Å². The van der Waals surface area contributed by atoms with Crippen LogP contribution in [-0.2, 0) is 14.4 Å². The van der Waals surface area contributed by atoms with E-state index in [1.54, 1.807) is 30.3 Å². The zero-order valence-electron chi connectivity index (χ0n) is 21.6. The topological polar surface area (TPSA) is 205 Å². The van der Waals surface area contributed by atoms with Crippen LogP contribution in [0, 0.1) is 6.92 Å². The van der Waals surface area contributed by atoms with E-state index >= 15 is 0 Å². The Morgan fingerprint density at radius 2 is 1.79 bits per heavy atom. The predicted molar refractivity (Wildman–Crippen MR) is 151 cm³/mol. The van der Waals surface area contributed by atoms with Gasteiger partial charge in [-0.15, -0.1) is 22.0 Å². The van der Waals surface area contributed by atoms with Crippen LogP contribution in [0.1, 0.15) is 37.6 Å². The molecule has 1 fully saturated rings. The number of carbonyl (C=O) groups is 5. The first-order chi connectivity index (χ1) is 20.2. The number of benzene rings is 1. The standard InChI is InChI=1S/C25H21N7O7S3/c1-11-30-31-25(42-11)41-10-13-9-40-22-17(21(35)32(22)18(13)24(38)39)29-19(33)14(12-5-3-2-4-6-12)28-20(34)15-16(23(36)37)27-8-7-26-15/h2-8,14,17,22H,9-10H2,1H3,(H,28,34)(H,29,33)(H,36,37)(H,38,39)/t14?,17?,22-/m0/s1. The van der Waals surface area contributed by atoms with Crippen molar-refractivity contribution in [3.8, 4) is 0 Å². The van der Waals surface area contributed by atoms with Crippen molar-refractivity contribution in [3.63, 3.8) is 0 Å². The molecule has 2 aromatic heterocycles. The fourth-order valence-corrected chi connectivity index (χ4v) is 7.62. The van der Waals surface area contributed by atoms with Crippen molar-refractivity contribution in [2.45, 2.75) is 28.7 Å². The number of carboxylic acid groups (broad SMARTS) is 2. The number of aryl methyl sites for hydroxylation is 1. The molecular formula is C25H21N7O7S3. The van der Waals surface area contributed by atoms with Crippen LogP contribution >= 0.6 is 34.9 Å². The van der Waals surface area contributed by atoms with Gasteiger partial charge in [0, 0.05) is 23.9 Å². The number of fused-ring (bicyclic) bond motifs is 1. The Kier molecular flexibility index (Phi) is 8.51. The molecule has 0 spiro atoms. The molecule has 216 valence electrons. The Labute approximate surface area is 250 Å². The molecule has 0 saturated carbocycles. The molecule has 2 aliphatic heterocycles. The second-order valence-electron chi connectivity index (χ2n) is 8.90. The summed E-state index contributed by atoms with van der Waals surface area (Å²) in [5, 5.41) is 32.5. The van der Waals surface area contributed by atoms with Gasteiger partial charge < -0.3 is 20.8 Å². The number of aromatic carboxylic acids is 1. The fraction of sp³-hybridized carbons (Fsp3) is 0.240. The number of aliphatic carboxylic acids is 1. The lowest BCUT2D eigenvalue weighted by Crippen LogP contribution is -2.71. The molecule has 2 aliphatic rings. The van der Waals surface area contributed by atoms with Crippen LogP contribution < -0.4 is 10.6 Å². The first kappa shape index (κ1) is 29.2. The Hall–Kier alpha value is -4.35. The quantitative estimate of drug-likeness (QED) is 0.185. The van der Waals surface area contributed by atoms with E-state index in [4.69, 9.17) is 0 Å². The molecule has 14 nitrogen and oxygen atoms in total. The molecule has 3 atom stereocenters. The number of nitrogens with zero attached hydrogens (tertiary/aromatic N) is 5. The number of carbonyl (C=O) groups excluding carboxylic acids is 3. The van der Waals surface area contributed by atoms with E-state index in [2.05, 4.69) is 30.8 Å². The van der Waals surface area contributed by atoms with Crippen LogP contribution in [0.5, 0.6) is 0 Å². The Balaban J connectivity index is 1.33. The van der Waals surface area contributed by atoms with E-state index in [1.807, 2.05) is 6.92 Å². The summed E-state index contributed by atoms with van der Waals surface area (Å²) in [4.78, 5) is 72.1. The third-order valence-electron chi connectivity index (χ3n) is 6.21. The van der Waals surface area contributed by atoms with Crippen LogP contribution in [0.15, 0.2) is 58.3 Å². The van der Waals surface area contributed by atoms with Gasteiger partial charge in [0.2, 0.25) is 5.91 Å². The van der Waals surface area contributed by atoms with Crippen molar-refractivity contribution < 1.29 is 34.2 Å². The van der Waals surface area contributed by atoms with Gasteiger partial charge in [0.25, 0.3) is 11.8 Å². The van der Waals surface area contributed by atoms with Crippen molar-refractivity contribution in [1.82, 2.24) is 35.7 Å². The molecule has 5 rings (SSSR count). The molecule has 17 heteroatoms. The molecule has 4 N–H and O–H groups in total. The number of β-lactam (4-membered cyclic amide) rings is 1. The van der Waals surface area contributed by atoms with Crippen molar-refractivity contribution in [1.29, 1.82) is 0 Å². The number of hydrogen-bond donors (Lipinski definition) is 4. The SMILES string of the molecule is Cc1nnc(SCC2=C(C(=O)O)N3C(=O)C(NC(=O)C(NC(=O)c4nccnc4C(=O)O)c4ccccc4)[C@@H]3SC2)s1. The molecule has 0 radical (unpaired) electrons. The largest absolute Gasteiger partial charge is 0.477 e. The number of rotatable bonds is 10. The van der Waals surface area contributed by atoms with Crippen LogP contribution in [0.3, 0.4) is 0 Å². The highest BCUT2D eigenvalue weighted by atomic mass is 32.2. The maximum atomic E-state index is 13.5. The van der Waals surface area contributed by atoms with Gasteiger partial charge in [-0.2, -0.15) is 0 Å². The minimum Gasteiger partial charge on any atom is -0.477 e. The molecule has 0 bridgehead atoms. The monoisotopic (exact) mass is 627 g/mol. The van der Waals surface area contributed by atoms with Gasteiger partial charge in [0.05, 0.1) is 0 Å². The van der Waals surface area contributed by atoms with Crippen molar-refractivity contribution >= 4 is 64.5 Å². The molecule has 3 aromatic rings. The van der Waals surface area contributed by atoms with Crippen molar-refractivity contribution in [2.75, 3.05) is 11.5 Å². The zero-order valence-corrected chi connectivity index (χ0v) is 24.0. The molecule has 42 heavy (non-hydrogen) atoms. The van der Waals surface area contributed by atoms with Gasteiger partial charge >= 0.3 is 11.9 Å². The summed E-state index contributed by atoms with van der Waals surface area (Å²) in [5.74, 6) is -4.41. The summed E-state index contributed by atoms with van der Waals surface area (Å²) < 4.78 is 0.683. The maximum absolute atomic E-state index is 13.5. The summed E-state index contributed by atoms with van der Waals surface area (Å²) in [6, 6.07) is 5.79. The number of aromatic nitrogens is 4. The zero-order chi connectivity index (χ0) is 30.0. The lowest BCUT2D eigenvalue weighted by Gasteiger charge is -2.49. The third kappa shape index (κ3) is 5.83. The normalized spacial score (nSPS) is 18.5. The van der Waals surface area contributed by atoms with Gasteiger partial charge in [-0.1, -0.05) is 53.4 Å². The predicted octanol–water partition coefficient (Wildman–Crippen LogP) is 1.34. The van der Waals surface area contributed by atoms with Crippen LogP contribution in [0.25, 0.3) is 0 Å². The summed E-state index contributed by atoms with van der Waals surface area (Å²) in [6.45, 7) is 1.81. The minimum absolute atomic E-state index is 0.125. The van der Waals surface area contributed by atoms with Crippen molar-refractivity contribution in [3.05, 3.63) is 76.0 Å². The summed E-state index contributed by atoms with van der Waals surface area (Å²) in [6.07, 6.45) is 2.27. The average molecular weight is 628 g/mol. The second-order valence-corrected chi connectivity index (χ2v) is 12.4. The molecule has 1 saturated heterocycles. The van der Waals surface area contributed by atoms with Crippen LogP contribution in [0.4, 0.5) is 0 Å². The third-order valence-corrected chi connectivity index (χ3v) is 9.61. The molecular weight excluding hydrogens is 607 g/mol. The summed E-state index contributed by atoms with van der Waals surface area (Å²) in [7, 11) is 0. The van der Waals surface area contributed by atoms with E-state index in [1.165, 1.54) is 34.9 Å².